The quantitative estimate of drug-likeness (QED) is 0.884. The summed E-state index contributed by atoms with van der Waals surface area (Å²) in [6.45, 7) is 1.83. The maximum Gasteiger partial charge on any atom is 0.254 e. The fraction of sp³-hybridized carbons (Fsp3) is 0.316. The summed E-state index contributed by atoms with van der Waals surface area (Å²) in [6.07, 6.45) is 1.14. The van der Waals surface area contributed by atoms with Crippen molar-refractivity contribution in [2.45, 2.75) is 10.9 Å². The van der Waals surface area contributed by atoms with Gasteiger partial charge in [0.25, 0.3) is 5.91 Å². The molecule has 0 radical (unpaired) electrons. The van der Waals surface area contributed by atoms with Gasteiger partial charge >= 0.3 is 0 Å². The zero-order chi connectivity index (χ0) is 18.7. The zero-order valence-corrected chi connectivity index (χ0v) is 15.6. The fourth-order valence-electron chi connectivity index (χ4n) is 3.19. The van der Waals surface area contributed by atoms with Gasteiger partial charge in [-0.05, 0) is 24.3 Å². The summed E-state index contributed by atoms with van der Waals surface area (Å²) in [5.41, 5.74) is 1.30. The molecule has 1 atom stereocenters. The van der Waals surface area contributed by atoms with E-state index in [9.17, 15) is 13.2 Å². The van der Waals surface area contributed by atoms with Gasteiger partial charge in [-0.25, -0.2) is 8.42 Å². The monoisotopic (exact) mass is 374 g/mol. The number of para-hydroxylation sites is 1. The second kappa shape index (κ2) is 7.47. The third kappa shape index (κ3) is 3.73. The van der Waals surface area contributed by atoms with E-state index >= 15 is 0 Å². The van der Waals surface area contributed by atoms with Crippen LogP contribution in [0.5, 0.6) is 5.75 Å². The minimum Gasteiger partial charge on any atom is -0.496 e. The number of hydrogen-bond donors (Lipinski definition) is 1. The Morgan fingerprint density at radius 1 is 1.19 bits per heavy atom. The number of nitrogens with zero attached hydrogens (tertiary/aromatic N) is 1. The molecular weight excluding hydrogens is 352 g/mol. The van der Waals surface area contributed by atoms with Crippen molar-refractivity contribution in [2.24, 2.45) is 0 Å². The SMILES string of the molecule is COc1ccccc1C1CNCCN1C(=O)c1cccc(S(C)(=O)=O)c1. The van der Waals surface area contributed by atoms with Gasteiger partial charge in [0.1, 0.15) is 5.75 Å². The summed E-state index contributed by atoms with van der Waals surface area (Å²) in [7, 11) is -1.76. The highest BCUT2D eigenvalue weighted by molar-refractivity contribution is 7.90. The van der Waals surface area contributed by atoms with E-state index in [4.69, 9.17) is 4.74 Å². The molecule has 1 aliphatic heterocycles. The highest BCUT2D eigenvalue weighted by Crippen LogP contribution is 2.31. The van der Waals surface area contributed by atoms with Gasteiger partial charge in [-0.1, -0.05) is 24.3 Å². The normalized spacial score (nSPS) is 17.8. The van der Waals surface area contributed by atoms with E-state index in [1.807, 2.05) is 24.3 Å². The number of sulfone groups is 1. The molecule has 6 nitrogen and oxygen atoms in total. The van der Waals surface area contributed by atoms with Crippen LogP contribution in [0.15, 0.2) is 53.4 Å². The van der Waals surface area contributed by atoms with Crippen LogP contribution in [0.1, 0.15) is 22.0 Å². The number of piperazine rings is 1. The first-order chi connectivity index (χ1) is 12.4. The van der Waals surface area contributed by atoms with Crippen LogP contribution >= 0.6 is 0 Å². The predicted octanol–water partition coefficient (Wildman–Crippen LogP) is 1.89. The Morgan fingerprint density at radius 3 is 2.69 bits per heavy atom. The van der Waals surface area contributed by atoms with Gasteiger partial charge in [-0.2, -0.15) is 0 Å². The second-order valence-corrected chi connectivity index (χ2v) is 8.28. The summed E-state index contributed by atoms with van der Waals surface area (Å²) in [6, 6.07) is 13.6. The molecule has 1 heterocycles. The third-order valence-corrected chi connectivity index (χ3v) is 5.62. The summed E-state index contributed by atoms with van der Waals surface area (Å²) < 4.78 is 29.1. The third-order valence-electron chi connectivity index (χ3n) is 4.51. The van der Waals surface area contributed by atoms with Crippen LogP contribution in [0.4, 0.5) is 0 Å². The Balaban J connectivity index is 1.97. The van der Waals surface area contributed by atoms with Gasteiger partial charge in [-0.15, -0.1) is 0 Å². The molecule has 2 aromatic rings. The molecule has 1 unspecified atom stereocenters. The second-order valence-electron chi connectivity index (χ2n) is 6.26. The zero-order valence-electron chi connectivity index (χ0n) is 14.8. The number of hydrogen-bond acceptors (Lipinski definition) is 5. The van der Waals surface area contributed by atoms with E-state index < -0.39 is 9.84 Å². The molecule has 1 amide bonds. The number of benzene rings is 2. The van der Waals surface area contributed by atoms with Gasteiger partial charge in [-0.3, -0.25) is 4.79 Å². The lowest BCUT2D eigenvalue weighted by Gasteiger charge is -2.37. The van der Waals surface area contributed by atoms with Crippen LogP contribution in [-0.4, -0.2) is 52.2 Å². The molecule has 0 aliphatic carbocycles. The first-order valence-corrected chi connectivity index (χ1v) is 10.3. The molecule has 0 bridgehead atoms. The lowest BCUT2D eigenvalue weighted by molar-refractivity contribution is 0.0631. The average molecular weight is 374 g/mol. The summed E-state index contributed by atoms with van der Waals surface area (Å²) in [5, 5.41) is 3.31. The van der Waals surface area contributed by atoms with Gasteiger partial charge in [0.2, 0.25) is 0 Å². The first-order valence-electron chi connectivity index (χ1n) is 8.36. The van der Waals surface area contributed by atoms with Gasteiger partial charge in [0.15, 0.2) is 9.84 Å². The van der Waals surface area contributed by atoms with Crippen LogP contribution in [0.3, 0.4) is 0 Å². The predicted molar refractivity (Wildman–Crippen MR) is 99.2 cm³/mol. The van der Waals surface area contributed by atoms with Crippen molar-refractivity contribution in [3.8, 4) is 5.75 Å². The number of rotatable bonds is 4. The van der Waals surface area contributed by atoms with E-state index in [0.29, 0.717) is 25.2 Å². The molecule has 26 heavy (non-hydrogen) atoms. The Bertz CT molecular complexity index is 911. The van der Waals surface area contributed by atoms with Crippen molar-refractivity contribution in [3.05, 3.63) is 59.7 Å². The first kappa shape index (κ1) is 18.4. The van der Waals surface area contributed by atoms with Gasteiger partial charge in [0.05, 0.1) is 18.0 Å². The molecule has 0 saturated carbocycles. The number of methoxy groups -OCH3 is 1. The molecule has 7 heteroatoms. The molecule has 1 N–H and O–H groups in total. The Kier molecular flexibility index (Phi) is 5.29. The number of nitrogens with one attached hydrogen (secondary N) is 1. The minimum absolute atomic E-state index is 0.146. The van der Waals surface area contributed by atoms with E-state index in [0.717, 1.165) is 17.6 Å². The highest BCUT2D eigenvalue weighted by Gasteiger charge is 2.30. The van der Waals surface area contributed by atoms with Gasteiger partial charge < -0.3 is 15.0 Å². The fourth-order valence-corrected chi connectivity index (χ4v) is 3.86. The summed E-state index contributed by atoms with van der Waals surface area (Å²) in [4.78, 5) is 15.0. The minimum atomic E-state index is -3.37. The summed E-state index contributed by atoms with van der Waals surface area (Å²) >= 11 is 0. The Labute approximate surface area is 153 Å². The largest absolute Gasteiger partial charge is 0.496 e. The maximum absolute atomic E-state index is 13.1. The lowest BCUT2D eigenvalue weighted by Crippen LogP contribution is -2.48. The van der Waals surface area contributed by atoms with Crippen LogP contribution in [0.25, 0.3) is 0 Å². The number of amides is 1. The van der Waals surface area contributed by atoms with E-state index in [2.05, 4.69) is 5.32 Å². The van der Waals surface area contributed by atoms with Crippen molar-refractivity contribution in [1.82, 2.24) is 10.2 Å². The van der Waals surface area contributed by atoms with E-state index in [1.54, 1.807) is 24.1 Å². The molecule has 1 fully saturated rings. The van der Waals surface area contributed by atoms with Crippen molar-refractivity contribution >= 4 is 15.7 Å². The molecule has 138 valence electrons. The van der Waals surface area contributed by atoms with Crippen molar-refractivity contribution in [2.75, 3.05) is 33.0 Å². The van der Waals surface area contributed by atoms with Crippen LogP contribution in [-0.2, 0) is 9.84 Å². The number of ether oxygens (including phenoxy) is 1. The average Bonchev–Trinajstić information content (AvgIpc) is 2.67. The van der Waals surface area contributed by atoms with Crippen molar-refractivity contribution in [3.63, 3.8) is 0 Å². The molecular formula is C19H22N2O4S. The molecule has 1 saturated heterocycles. The van der Waals surface area contributed by atoms with Gasteiger partial charge in [0, 0.05) is 37.0 Å². The van der Waals surface area contributed by atoms with Crippen molar-refractivity contribution in [1.29, 1.82) is 0 Å². The maximum atomic E-state index is 13.1. The summed E-state index contributed by atoms with van der Waals surface area (Å²) in [5.74, 6) is 0.539. The van der Waals surface area contributed by atoms with Crippen LogP contribution < -0.4 is 10.1 Å². The smallest absolute Gasteiger partial charge is 0.254 e. The van der Waals surface area contributed by atoms with Crippen LogP contribution in [0.2, 0.25) is 0 Å². The molecule has 2 aromatic carbocycles. The van der Waals surface area contributed by atoms with Crippen molar-refractivity contribution < 1.29 is 17.9 Å². The highest BCUT2D eigenvalue weighted by atomic mass is 32.2. The number of carbonyl (C=O) groups excluding carboxylic acids is 1. The Morgan fingerprint density at radius 2 is 1.96 bits per heavy atom. The van der Waals surface area contributed by atoms with E-state index in [-0.39, 0.29) is 16.8 Å². The Hall–Kier alpha value is -2.38. The molecule has 1 aliphatic rings. The molecule has 0 aromatic heterocycles. The molecule has 0 spiro atoms. The van der Waals surface area contributed by atoms with Crippen LogP contribution in [0, 0.1) is 0 Å². The standard InChI is InChI=1S/C19H22N2O4S/c1-25-18-9-4-3-8-16(18)17-13-20-10-11-21(17)19(22)14-6-5-7-15(12-14)26(2,23)24/h3-9,12,17,20H,10-11,13H2,1-2H3. The lowest BCUT2D eigenvalue weighted by atomic mass is 10.0. The molecule has 3 rings (SSSR count). The van der Waals surface area contributed by atoms with E-state index in [1.165, 1.54) is 12.1 Å². The topological polar surface area (TPSA) is 75.7 Å². The number of carbonyl (C=O) groups is 1.